The maximum Gasteiger partial charge on any atom is 0.0101 e. The zero-order valence-corrected chi connectivity index (χ0v) is 12.7. The van der Waals surface area contributed by atoms with Crippen molar-refractivity contribution in [2.75, 3.05) is 0 Å². The van der Waals surface area contributed by atoms with Crippen molar-refractivity contribution in [2.45, 2.75) is 102 Å². The maximum atomic E-state index is 4.11. The van der Waals surface area contributed by atoms with Gasteiger partial charge in [0.2, 0.25) is 0 Å². The van der Waals surface area contributed by atoms with Gasteiger partial charge < -0.3 is 5.32 Å². The SMILES string of the molecule is C1CCC(NC2CCCCC2C2CCCCC2)CC1. The molecule has 3 saturated carbocycles. The number of rotatable bonds is 3. The Balaban J connectivity index is 1.56. The van der Waals surface area contributed by atoms with Crippen molar-refractivity contribution in [3.05, 3.63) is 0 Å². The summed E-state index contributed by atoms with van der Waals surface area (Å²) in [5.41, 5.74) is 0. The van der Waals surface area contributed by atoms with Gasteiger partial charge in [-0.05, 0) is 37.5 Å². The Hall–Kier alpha value is -0.0400. The number of hydrogen-bond donors (Lipinski definition) is 1. The van der Waals surface area contributed by atoms with E-state index < -0.39 is 0 Å². The fourth-order valence-electron chi connectivity index (χ4n) is 5.07. The second-order valence-electron chi connectivity index (χ2n) is 7.45. The first-order valence-corrected chi connectivity index (χ1v) is 9.19. The van der Waals surface area contributed by atoms with Gasteiger partial charge in [-0.1, -0.05) is 64.2 Å². The van der Waals surface area contributed by atoms with Gasteiger partial charge in [0, 0.05) is 12.1 Å². The second-order valence-corrected chi connectivity index (χ2v) is 7.45. The average Bonchev–Trinajstić information content (AvgIpc) is 2.50. The number of nitrogens with one attached hydrogen (secondary N) is 1. The highest BCUT2D eigenvalue weighted by atomic mass is 15.0. The van der Waals surface area contributed by atoms with Gasteiger partial charge in [-0.2, -0.15) is 0 Å². The Bertz CT molecular complexity index is 250. The molecule has 1 heteroatoms. The third kappa shape index (κ3) is 3.74. The molecule has 3 rings (SSSR count). The molecule has 0 aromatic rings. The second kappa shape index (κ2) is 7.11. The third-order valence-corrected chi connectivity index (χ3v) is 6.13. The van der Waals surface area contributed by atoms with Crippen molar-refractivity contribution in [3.63, 3.8) is 0 Å². The van der Waals surface area contributed by atoms with Crippen molar-refractivity contribution in [3.8, 4) is 0 Å². The van der Waals surface area contributed by atoms with Crippen molar-refractivity contribution < 1.29 is 0 Å². The van der Waals surface area contributed by atoms with Gasteiger partial charge in [-0.15, -0.1) is 0 Å². The Kier molecular flexibility index (Phi) is 5.21. The quantitative estimate of drug-likeness (QED) is 0.751. The molecule has 0 aromatic carbocycles. The van der Waals surface area contributed by atoms with Crippen LogP contribution in [0, 0.1) is 11.8 Å². The van der Waals surface area contributed by atoms with Crippen LogP contribution in [0.2, 0.25) is 0 Å². The van der Waals surface area contributed by atoms with E-state index in [1.165, 1.54) is 89.9 Å². The first-order chi connectivity index (χ1) is 9.43. The molecule has 3 aliphatic rings. The molecule has 1 nitrogen and oxygen atoms in total. The third-order valence-electron chi connectivity index (χ3n) is 6.13. The van der Waals surface area contributed by atoms with Gasteiger partial charge in [0.25, 0.3) is 0 Å². The molecule has 0 spiro atoms. The van der Waals surface area contributed by atoms with Gasteiger partial charge in [-0.25, -0.2) is 0 Å². The molecular weight excluding hydrogens is 230 g/mol. The van der Waals surface area contributed by atoms with E-state index in [1.54, 1.807) is 0 Å². The van der Waals surface area contributed by atoms with Crippen molar-refractivity contribution in [2.24, 2.45) is 11.8 Å². The lowest BCUT2D eigenvalue weighted by atomic mass is 9.70. The Morgan fingerprint density at radius 2 is 1.11 bits per heavy atom. The highest BCUT2D eigenvalue weighted by Gasteiger charge is 2.33. The summed E-state index contributed by atoms with van der Waals surface area (Å²) in [6, 6.07) is 1.74. The zero-order chi connectivity index (χ0) is 12.9. The molecular formula is C18H33N. The van der Waals surface area contributed by atoms with Crippen LogP contribution >= 0.6 is 0 Å². The van der Waals surface area contributed by atoms with Gasteiger partial charge in [0.05, 0.1) is 0 Å². The minimum Gasteiger partial charge on any atom is -0.311 e. The highest BCUT2D eigenvalue weighted by Crippen LogP contribution is 2.39. The Morgan fingerprint density at radius 3 is 1.84 bits per heavy atom. The van der Waals surface area contributed by atoms with Crippen LogP contribution in [0.1, 0.15) is 89.9 Å². The van der Waals surface area contributed by atoms with Crippen LogP contribution in [0.5, 0.6) is 0 Å². The smallest absolute Gasteiger partial charge is 0.0101 e. The van der Waals surface area contributed by atoms with Gasteiger partial charge in [0.15, 0.2) is 0 Å². The van der Waals surface area contributed by atoms with Crippen LogP contribution < -0.4 is 5.32 Å². The van der Waals surface area contributed by atoms with E-state index in [1.807, 2.05) is 0 Å². The predicted molar refractivity (Wildman–Crippen MR) is 82.3 cm³/mol. The summed E-state index contributed by atoms with van der Waals surface area (Å²) in [6.07, 6.45) is 20.9. The molecule has 0 aliphatic heterocycles. The fourth-order valence-corrected chi connectivity index (χ4v) is 5.07. The summed E-state index contributed by atoms with van der Waals surface area (Å²) in [6.45, 7) is 0. The molecule has 0 heterocycles. The molecule has 2 atom stereocenters. The molecule has 0 amide bonds. The van der Waals surface area contributed by atoms with E-state index in [0.29, 0.717) is 0 Å². The molecule has 0 saturated heterocycles. The summed E-state index contributed by atoms with van der Waals surface area (Å²) in [7, 11) is 0. The highest BCUT2D eigenvalue weighted by molar-refractivity contribution is 4.89. The molecule has 0 aromatic heterocycles. The summed E-state index contributed by atoms with van der Waals surface area (Å²) in [5, 5.41) is 4.11. The van der Waals surface area contributed by atoms with Crippen LogP contribution in [-0.4, -0.2) is 12.1 Å². The molecule has 2 unspecified atom stereocenters. The Morgan fingerprint density at radius 1 is 0.526 bits per heavy atom. The summed E-state index contributed by atoms with van der Waals surface area (Å²) in [5.74, 6) is 2.09. The van der Waals surface area contributed by atoms with Crippen molar-refractivity contribution >= 4 is 0 Å². The molecule has 19 heavy (non-hydrogen) atoms. The first kappa shape index (κ1) is 13.9. The summed E-state index contributed by atoms with van der Waals surface area (Å²) in [4.78, 5) is 0. The lowest BCUT2D eigenvalue weighted by Gasteiger charge is -2.41. The molecule has 0 bridgehead atoms. The van der Waals surface area contributed by atoms with E-state index in [4.69, 9.17) is 0 Å². The Labute approximate surface area is 119 Å². The molecule has 0 radical (unpaired) electrons. The lowest BCUT2D eigenvalue weighted by molar-refractivity contribution is 0.136. The monoisotopic (exact) mass is 263 g/mol. The molecule has 1 N–H and O–H groups in total. The zero-order valence-electron chi connectivity index (χ0n) is 12.7. The topological polar surface area (TPSA) is 12.0 Å². The fraction of sp³-hybridized carbons (Fsp3) is 1.00. The standard InChI is InChI=1S/C18H33N/c1-3-9-15(10-4-1)17-13-7-8-14-18(17)19-16-11-5-2-6-12-16/h15-19H,1-14H2. The normalized spacial score (nSPS) is 35.4. The largest absolute Gasteiger partial charge is 0.311 e. The summed E-state index contributed by atoms with van der Waals surface area (Å²) >= 11 is 0. The van der Waals surface area contributed by atoms with Crippen molar-refractivity contribution in [1.82, 2.24) is 5.32 Å². The minimum atomic E-state index is 0.864. The van der Waals surface area contributed by atoms with Crippen LogP contribution in [0.25, 0.3) is 0 Å². The van der Waals surface area contributed by atoms with Crippen LogP contribution in [0.3, 0.4) is 0 Å². The van der Waals surface area contributed by atoms with E-state index in [9.17, 15) is 0 Å². The summed E-state index contributed by atoms with van der Waals surface area (Å²) < 4.78 is 0. The van der Waals surface area contributed by atoms with Crippen LogP contribution in [0.15, 0.2) is 0 Å². The molecule has 3 aliphatic carbocycles. The maximum absolute atomic E-state index is 4.11. The first-order valence-electron chi connectivity index (χ1n) is 9.19. The predicted octanol–water partition coefficient (Wildman–Crippen LogP) is 5.05. The van der Waals surface area contributed by atoms with Crippen LogP contribution in [-0.2, 0) is 0 Å². The van der Waals surface area contributed by atoms with Crippen molar-refractivity contribution in [1.29, 1.82) is 0 Å². The average molecular weight is 263 g/mol. The molecule has 3 fully saturated rings. The molecule has 110 valence electrons. The van der Waals surface area contributed by atoms with E-state index >= 15 is 0 Å². The lowest BCUT2D eigenvalue weighted by Crippen LogP contribution is -2.47. The van der Waals surface area contributed by atoms with Crippen LogP contribution in [0.4, 0.5) is 0 Å². The van der Waals surface area contributed by atoms with E-state index in [2.05, 4.69) is 5.32 Å². The van der Waals surface area contributed by atoms with Gasteiger partial charge >= 0.3 is 0 Å². The van der Waals surface area contributed by atoms with E-state index in [-0.39, 0.29) is 0 Å². The van der Waals surface area contributed by atoms with Gasteiger partial charge in [-0.3, -0.25) is 0 Å². The van der Waals surface area contributed by atoms with Gasteiger partial charge in [0.1, 0.15) is 0 Å². The number of hydrogen-bond acceptors (Lipinski definition) is 1. The minimum absolute atomic E-state index is 0.864. The van der Waals surface area contributed by atoms with E-state index in [0.717, 1.165) is 23.9 Å².